The lowest BCUT2D eigenvalue weighted by Gasteiger charge is -2.09. The third-order valence-electron chi connectivity index (χ3n) is 5.26. The number of alkyl halides is 3. The smallest absolute Gasteiger partial charge is 0.299 e. The van der Waals surface area contributed by atoms with Crippen molar-refractivity contribution in [3.8, 4) is 11.1 Å². The highest BCUT2D eigenvalue weighted by Crippen LogP contribution is 2.32. The van der Waals surface area contributed by atoms with Crippen LogP contribution in [0.4, 0.5) is 13.2 Å². The molecule has 10 heteroatoms. The minimum absolute atomic E-state index is 0.0261. The number of nitrogens with zero attached hydrogens (tertiary/aromatic N) is 3. The lowest BCUT2D eigenvalue weighted by atomic mass is 10.0. The summed E-state index contributed by atoms with van der Waals surface area (Å²) in [7, 11) is -3.25. The van der Waals surface area contributed by atoms with E-state index in [0.29, 0.717) is 35.2 Å². The number of carbonyl (C=O) groups is 1. The van der Waals surface area contributed by atoms with Crippen molar-refractivity contribution in [2.75, 3.05) is 0 Å². The summed E-state index contributed by atoms with van der Waals surface area (Å²) in [5.74, 6) is -0.171. The zero-order chi connectivity index (χ0) is 23.6. The lowest BCUT2D eigenvalue weighted by molar-refractivity contribution is -0.137. The van der Waals surface area contributed by atoms with Gasteiger partial charge in [0.2, 0.25) is 0 Å². The number of rotatable bonds is 8. The summed E-state index contributed by atoms with van der Waals surface area (Å²) in [6, 6.07) is 9.26. The van der Waals surface area contributed by atoms with Crippen LogP contribution in [0, 0.1) is 0 Å². The quantitative estimate of drug-likeness (QED) is 0.490. The second-order valence-corrected chi connectivity index (χ2v) is 10.3. The van der Waals surface area contributed by atoms with Gasteiger partial charge in [0, 0.05) is 37.0 Å². The molecule has 6 nitrogen and oxygen atoms in total. The van der Waals surface area contributed by atoms with Crippen LogP contribution < -0.4 is 0 Å². The maximum Gasteiger partial charge on any atom is 0.417 e. The summed E-state index contributed by atoms with van der Waals surface area (Å²) < 4.78 is 62.9. The first kappa shape index (κ1) is 23.0. The molecule has 0 spiro atoms. The van der Waals surface area contributed by atoms with Crippen molar-refractivity contribution in [3.05, 3.63) is 77.6 Å². The van der Waals surface area contributed by atoms with Gasteiger partial charge in [-0.15, -0.1) is 0 Å². The van der Waals surface area contributed by atoms with Gasteiger partial charge in [-0.1, -0.05) is 24.3 Å². The average molecular weight is 475 g/mol. The number of pyridine rings is 1. The van der Waals surface area contributed by atoms with Crippen molar-refractivity contribution in [3.63, 3.8) is 0 Å². The van der Waals surface area contributed by atoms with Crippen LogP contribution in [0.3, 0.4) is 0 Å². The molecule has 172 valence electrons. The Balaban J connectivity index is 1.39. The van der Waals surface area contributed by atoms with E-state index < -0.39 is 21.6 Å². The number of halogens is 3. The Labute approximate surface area is 188 Å². The molecule has 4 rings (SSSR count). The molecule has 0 aliphatic heterocycles. The van der Waals surface area contributed by atoms with Crippen LogP contribution >= 0.6 is 0 Å². The molecule has 3 aromatic rings. The molecule has 1 aliphatic rings. The van der Waals surface area contributed by atoms with E-state index in [1.165, 1.54) is 12.4 Å². The van der Waals surface area contributed by atoms with Gasteiger partial charge in [-0.2, -0.15) is 13.2 Å². The number of Topliss-reactive ketones (excluding diaryl/α,β-unsaturated/α-hetero) is 1. The monoisotopic (exact) mass is 475 g/mol. The van der Waals surface area contributed by atoms with E-state index in [2.05, 4.69) is 15.0 Å². The van der Waals surface area contributed by atoms with Gasteiger partial charge in [0.1, 0.15) is 17.4 Å². The first-order chi connectivity index (χ1) is 15.6. The van der Waals surface area contributed by atoms with Gasteiger partial charge in [-0.3, -0.25) is 9.78 Å². The molecule has 0 amide bonds. The van der Waals surface area contributed by atoms with E-state index in [9.17, 15) is 26.4 Å². The Morgan fingerprint density at radius 3 is 2.39 bits per heavy atom. The van der Waals surface area contributed by atoms with Crippen molar-refractivity contribution >= 4 is 15.6 Å². The number of ketones is 1. The fourth-order valence-corrected chi connectivity index (χ4v) is 4.98. The zero-order valence-electron chi connectivity index (χ0n) is 17.4. The highest BCUT2D eigenvalue weighted by atomic mass is 32.2. The largest absolute Gasteiger partial charge is 0.417 e. The summed E-state index contributed by atoms with van der Waals surface area (Å²) in [4.78, 5) is 24.4. The Morgan fingerprint density at radius 1 is 1.00 bits per heavy atom. The first-order valence-corrected chi connectivity index (χ1v) is 12.0. The van der Waals surface area contributed by atoms with Gasteiger partial charge in [0.15, 0.2) is 9.84 Å². The maximum absolute atomic E-state index is 12.9. The van der Waals surface area contributed by atoms with Crippen LogP contribution in [0.5, 0.6) is 0 Å². The molecule has 0 radical (unpaired) electrons. The van der Waals surface area contributed by atoms with Crippen LogP contribution in [0.2, 0.25) is 0 Å². The van der Waals surface area contributed by atoms with Crippen LogP contribution in [0.1, 0.15) is 35.5 Å². The molecular weight excluding hydrogens is 455 g/mol. The predicted octanol–water partition coefficient (Wildman–Crippen LogP) is 3.99. The molecule has 1 aromatic carbocycles. The van der Waals surface area contributed by atoms with Crippen LogP contribution in [-0.2, 0) is 39.4 Å². The summed E-state index contributed by atoms with van der Waals surface area (Å²) in [5.41, 5.74) is 1.21. The summed E-state index contributed by atoms with van der Waals surface area (Å²) >= 11 is 0. The fraction of sp³-hybridized carbons (Fsp3) is 0.304. The van der Waals surface area contributed by atoms with E-state index in [-0.39, 0.29) is 35.5 Å². The van der Waals surface area contributed by atoms with Crippen LogP contribution in [-0.4, -0.2) is 34.4 Å². The molecule has 2 heterocycles. The zero-order valence-corrected chi connectivity index (χ0v) is 18.2. The Kier molecular flexibility index (Phi) is 6.29. The Hall–Kier alpha value is -3.14. The van der Waals surface area contributed by atoms with Crippen molar-refractivity contribution in [1.82, 2.24) is 15.0 Å². The van der Waals surface area contributed by atoms with E-state index in [1.54, 1.807) is 30.3 Å². The third-order valence-corrected chi connectivity index (χ3v) is 7.41. The van der Waals surface area contributed by atoms with Gasteiger partial charge in [0.25, 0.3) is 0 Å². The minimum Gasteiger partial charge on any atom is -0.299 e. The SMILES string of the molecule is O=C(Cc1ccc(-c2cncc(C(F)(F)F)c2)cc1)Cc1ccnc(CS(=O)(=O)C2CC2)n1. The molecular formula is C23H20F3N3O3S. The lowest BCUT2D eigenvalue weighted by Crippen LogP contribution is -2.14. The predicted molar refractivity (Wildman–Crippen MR) is 115 cm³/mol. The maximum atomic E-state index is 12.9. The van der Waals surface area contributed by atoms with E-state index in [0.717, 1.165) is 12.3 Å². The number of benzene rings is 1. The van der Waals surface area contributed by atoms with E-state index >= 15 is 0 Å². The van der Waals surface area contributed by atoms with E-state index in [1.807, 2.05) is 0 Å². The number of hydrogen-bond donors (Lipinski definition) is 0. The molecule has 0 bridgehead atoms. The second kappa shape index (κ2) is 9.01. The molecule has 2 aromatic heterocycles. The topological polar surface area (TPSA) is 89.9 Å². The first-order valence-electron chi connectivity index (χ1n) is 10.3. The summed E-state index contributed by atoms with van der Waals surface area (Å²) in [5, 5.41) is -0.305. The van der Waals surface area contributed by atoms with Crippen molar-refractivity contribution in [1.29, 1.82) is 0 Å². The van der Waals surface area contributed by atoms with Crippen LogP contribution in [0.25, 0.3) is 11.1 Å². The molecule has 1 aliphatic carbocycles. The number of aromatic nitrogens is 3. The molecule has 33 heavy (non-hydrogen) atoms. The minimum atomic E-state index is -4.47. The highest BCUT2D eigenvalue weighted by Gasteiger charge is 2.36. The molecule has 0 N–H and O–H groups in total. The standard InChI is InChI=1S/C23H20F3N3O3S/c24-23(25,26)18-10-17(12-27-13-18)16-3-1-15(2-4-16)9-20(30)11-19-7-8-28-22(29-19)14-33(31,32)21-5-6-21/h1-4,7-8,10,12-13,21H,5-6,9,11,14H2. The molecule has 1 fully saturated rings. The molecule has 0 unspecified atom stereocenters. The summed E-state index contributed by atoms with van der Waals surface area (Å²) in [6.45, 7) is 0. The third kappa shape index (κ3) is 6.01. The average Bonchev–Trinajstić information content (AvgIpc) is 3.60. The number of sulfone groups is 1. The van der Waals surface area contributed by atoms with Gasteiger partial charge in [-0.05, 0) is 36.1 Å². The van der Waals surface area contributed by atoms with Gasteiger partial charge < -0.3 is 0 Å². The number of carbonyl (C=O) groups excluding carboxylic acids is 1. The molecule has 0 atom stereocenters. The second-order valence-electron chi connectivity index (χ2n) is 8.02. The van der Waals surface area contributed by atoms with Crippen molar-refractivity contribution < 1.29 is 26.4 Å². The molecule has 0 saturated heterocycles. The Morgan fingerprint density at radius 2 is 1.73 bits per heavy atom. The van der Waals surface area contributed by atoms with E-state index in [4.69, 9.17) is 0 Å². The number of hydrogen-bond acceptors (Lipinski definition) is 6. The highest BCUT2D eigenvalue weighted by molar-refractivity contribution is 7.91. The van der Waals surface area contributed by atoms with Gasteiger partial charge in [-0.25, -0.2) is 18.4 Å². The van der Waals surface area contributed by atoms with Crippen molar-refractivity contribution in [2.45, 2.75) is 42.9 Å². The van der Waals surface area contributed by atoms with Gasteiger partial charge in [0.05, 0.1) is 16.5 Å². The fourth-order valence-electron chi connectivity index (χ4n) is 3.39. The summed E-state index contributed by atoms with van der Waals surface area (Å²) in [6.07, 6.45) is 0.581. The van der Waals surface area contributed by atoms with Crippen molar-refractivity contribution in [2.24, 2.45) is 0 Å². The van der Waals surface area contributed by atoms with Crippen LogP contribution in [0.15, 0.2) is 55.0 Å². The Bertz CT molecular complexity index is 1270. The normalized spacial score (nSPS) is 14.3. The van der Waals surface area contributed by atoms with Gasteiger partial charge >= 0.3 is 6.18 Å². The molecule has 1 saturated carbocycles.